The van der Waals surface area contributed by atoms with Crippen LogP contribution in [0.4, 0.5) is 0 Å². The Morgan fingerprint density at radius 2 is 2.18 bits per heavy atom. The first-order valence-electron chi connectivity index (χ1n) is 6.68. The number of rotatable bonds is 6. The van der Waals surface area contributed by atoms with Crippen molar-refractivity contribution in [3.05, 3.63) is 58.3 Å². The Balaban J connectivity index is 2.29. The maximum absolute atomic E-state index is 11.6. The van der Waals surface area contributed by atoms with Crippen molar-refractivity contribution in [2.24, 2.45) is 0 Å². The summed E-state index contributed by atoms with van der Waals surface area (Å²) in [5.74, 6) is -1.29. The third-order valence-corrected chi connectivity index (χ3v) is 3.09. The molecule has 2 rings (SSSR count). The minimum absolute atomic E-state index is 0.140. The van der Waals surface area contributed by atoms with Gasteiger partial charge in [0.05, 0.1) is 25.0 Å². The number of nitrogens with zero attached hydrogens (tertiary/aromatic N) is 3. The highest BCUT2D eigenvalue weighted by Gasteiger charge is 2.11. The zero-order chi connectivity index (χ0) is 16.1. The summed E-state index contributed by atoms with van der Waals surface area (Å²) in [6, 6.07) is 6.80. The van der Waals surface area contributed by atoms with Gasteiger partial charge in [-0.05, 0) is 19.2 Å². The summed E-state index contributed by atoms with van der Waals surface area (Å²) < 4.78 is 1.69. The molecule has 0 atom stereocenters. The van der Waals surface area contributed by atoms with Gasteiger partial charge in [-0.15, -0.1) is 0 Å². The van der Waals surface area contributed by atoms with Crippen molar-refractivity contribution in [1.29, 1.82) is 0 Å². The number of hydrogen-bond donors (Lipinski definition) is 2. The lowest BCUT2D eigenvalue weighted by atomic mass is 10.2. The van der Waals surface area contributed by atoms with Gasteiger partial charge >= 0.3 is 5.97 Å². The molecular weight excluding hydrogens is 286 g/mol. The number of carboxylic acid groups (broad SMARTS) is 1. The molecule has 0 saturated heterocycles. The molecule has 0 unspecified atom stereocenters. The summed E-state index contributed by atoms with van der Waals surface area (Å²) in [4.78, 5) is 28.2. The summed E-state index contributed by atoms with van der Waals surface area (Å²) in [5.41, 5.74) is 0.890. The van der Waals surface area contributed by atoms with Crippen molar-refractivity contribution < 1.29 is 15.0 Å². The van der Waals surface area contributed by atoms with Gasteiger partial charge in [-0.3, -0.25) is 19.5 Å². The molecule has 0 bridgehead atoms. The molecule has 0 amide bonds. The van der Waals surface area contributed by atoms with E-state index >= 15 is 0 Å². The average molecular weight is 303 g/mol. The predicted octanol–water partition coefficient (Wildman–Crippen LogP) is 0.514. The molecule has 0 aliphatic carbocycles. The molecule has 2 aromatic heterocycles. The van der Waals surface area contributed by atoms with Gasteiger partial charge in [0.1, 0.15) is 0 Å². The minimum atomic E-state index is -0.945. The Morgan fingerprint density at radius 1 is 1.41 bits per heavy atom. The second-order valence-corrected chi connectivity index (χ2v) is 5.03. The zero-order valence-corrected chi connectivity index (χ0v) is 12.1. The van der Waals surface area contributed by atoms with Crippen LogP contribution in [0.3, 0.4) is 0 Å². The molecule has 0 fully saturated rings. The molecule has 0 aliphatic rings. The third-order valence-electron chi connectivity index (χ3n) is 3.09. The Hall–Kier alpha value is -2.67. The lowest BCUT2D eigenvalue weighted by molar-refractivity contribution is -0.138. The summed E-state index contributed by atoms with van der Waals surface area (Å²) in [7, 11) is 1.65. The van der Waals surface area contributed by atoms with E-state index in [-0.39, 0.29) is 18.8 Å². The van der Waals surface area contributed by atoms with Crippen molar-refractivity contribution >= 4 is 5.97 Å². The van der Waals surface area contributed by atoms with E-state index in [1.165, 1.54) is 12.3 Å². The second-order valence-electron chi connectivity index (χ2n) is 5.03. The lowest BCUT2D eigenvalue weighted by Crippen LogP contribution is -2.27. The van der Waals surface area contributed by atoms with E-state index in [9.17, 15) is 14.7 Å². The number of aromatic nitrogens is 2. The quantitative estimate of drug-likeness (QED) is 0.807. The standard InChI is InChI=1S/C15H17N3O4/c1-17(10-15(21)22)8-12-6-13(19)14(20)9-18(12)7-11-4-2-3-5-16-11/h2-6,9,20H,7-8,10H2,1H3,(H,21,22). The first-order valence-corrected chi connectivity index (χ1v) is 6.68. The molecule has 2 aromatic rings. The van der Waals surface area contributed by atoms with Crippen LogP contribution >= 0.6 is 0 Å². The zero-order valence-electron chi connectivity index (χ0n) is 12.1. The van der Waals surface area contributed by atoms with E-state index in [0.717, 1.165) is 5.69 Å². The van der Waals surface area contributed by atoms with Crippen LogP contribution in [0.15, 0.2) is 41.5 Å². The summed E-state index contributed by atoms with van der Waals surface area (Å²) in [5, 5.41) is 18.4. The number of aliphatic carboxylic acids is 1. The van der Waals surface area contributed by atoms with Crippen molar-refractivity contribution in [3.63, 3.8) is 0 Å². The van der Waals surface area contributed by atoms with Gasteiger partial charge in [0.25, 0.3) is 0 Å². The highest BCUT2D eigenvalue weighted by molar-refractivity contribution is 5.69. The monoisotopic (exact) mass is 303 g/mol. The smallest absolute Gasteiger partial charge is 0.317 e. The molecule has 0 spiro atoms. The van der Waals surface area contributed by atoms with Gasteiger partial charge in [0.15, 0.2) is 5.75 Å². The van der Waals surface area contributed by atoms with E-state index in [4.69, 9.17) is 5.11 Å². The highest BCUT2D eigenvalue weighted by Crippen LogP contribution is 2.10. The Labute approximate surface area is 127 Å². The SMILES string of the molecule is CN(CC(=O)O)Cc1cc(=O)c(O)cn1Cc1ccccn1. The second kappa shape index (κ2) is 6.86. The summed E-state index contributed by atoms with van der Waals surface area (Å²) in [6.07, 6.45) is 3.01. The molecule has 0 saturated carbocycles. The first-order chi connectivity index (χ1) is 10.5. The highest BCUT2D eigenvalue weighted by atomic mass is 16.4. The summed E-state index contributed by atoms with van der Waals surface area (Å²) >= 11 is 0. The average Bonchev–Trinajstić information content (AvgIpc) is 2.44. The maximum atomic E-state index is 11.6. The Kier molecular flexibility index (Phi) is 4.90. The first kappa shape index (κ1) is 15.7. The van der Waals surface area contributed by atoms with Crippen LogP contribution in [-0.2, 0) is 17.9 Å². The molecule has 7 heteroatoms. The number of carbonyl (C=O) groups is 1. The van der Waals surface area contributed by atoms with Crippen LogP contribution < -0.4 is 5.43 Å². The van der Waals surface area contributed by atoms with Gasteiger partial charge in [-0.25, -0.2) is 0 Å². The number of carboxylic acids is 1. The molecule has 116 valence electrons. The molecule has 22 heavy (non-hydrogen) atoms. The van der Waals surface area contributed by atoms with Crippen molar-refractivity contribution in [1.82, 2.24) is 14.5 Å². The van der Waals surface area contributed by atoms with Crippen LogP contribution in [0.2, 0.25) is 0 Å². The molecule has 0 radical (unpaired) electrons. The normalized spacial score (nSPS) is 10.8. The molecule has 7 nitrogen and oxygen atoms in total. The largest absolute Gasteiger partial charge is 0.503 e. The van der Waals surface area contributed by atoms with E-state index in [1.54, 1.807) is 28.8 Å². The molecule has 2 N–H and O–H groups in total. The Morgan fingerprint density at radius 3 is 2.82 bits per heavy atom. The predicted molar refractivity (Wildman–Crippen MR) is 79.7 cm³/mol. The van der Waals surface area contributed by atoms with Gasteiger partial charge < -0.3 is 14.8 Å². The van der Waals surface area contributed by atoms with E-state index in [2.05, 4.69) is 4.98 Å². The van der Waals surface area contributed by atoms with Crippen LogP contribution in [-0.4, -0.2) is 44.2 Å². The fourth-order valence-corrected chi connectivity index (χ4v) is 2.12. The fourth-order valence-electron chi connectivity index (χ4n) is 2.12. The van der Waals surface area contributed by atoms with E-state index in [1.807, 2.05) is 12.1 Å². The van der Waals surface area contributed by atoms with Gasteiger partial charge in [-0.2, -0.15) is 0 Å². The van der Waals surface area contributed by atoms with Gasteiger partial charge in [0, 0.05) is 24.5 Å². The van der Waals surface area contributed by atoms with Crippen LogP contribution in [0.1, 0.15) is 11.4 Å². The fraction of sp³-hybridized carbons (Fsp3) is 0.267. The number of hydrogen-bond acceptors (Lipinski definition) is 5. The van der Waals surface area contributed by atoms with Gasteiger partial charge in [0.2, 0.25) is 5.43 Å². The number of aromatic hydroxyl groups is 1. The molecule has 0 aliphatic heterocycles. The third kappa shape index (κ3) is 4.16. The van der Waals surface area contributed by atoms with E-state index < -0.39 is 11.4 Å². The van der Waals surface area contributed by atoms with Crippen molar-refractivity contribution in [3.8, 4) is 5.75 Å². The minimum Gasteiger partial charge on any atom is -0.503 e. The van der Waals surface area contributed by atoms with Crippen LogP contribution in [0.25, 0.3) is 0 Å². The molecular formula is C15H17N3O4. The van der Waals surface area contributed by atoms with Crippen molar-refractivity contribution in [2.75, 3.05) is 13.6 Å². The van der Waals surface area contributed by atoms with Gasteiger partial charge in [-0.1, -0.05) is 6.07 Å². The maximum Gasteiger partial charge on any atom is 0.317 e. The Bertz CT molecular complexity index is 712. The van der Waals surface area contributed by atoms with Crippen LogP contribution in [0, 0.1) is 0 Å². The van der Waals surface area contributed by atoms with Crippen molar-refractivity contribution in [2.45, 2.75) is 13.1 Å². The molecule has 0 aromatic carbocycles. The molecule has 2 heterocycles. The summed E-state index contributed by atoms with van der Waals surface area (Å²) in [6.45, 7) is 0.512. The van der Waals surface area contributed by atoms with Crippen LogP contribution in [0.5, 0.6) is 5.75 Å². The number of likely N-dealkylation sites (N-methyl/N-ethyl adjacent to an activating group) is 1. The topological polar surface area (TPSA) is 95.7 Å². The number of pyridine rings is 2. The lowest BCUT2D eigenvalue weighted by Gasteiger charge is -2.18. The van der Waals surface area contributed by atoms with E-state index in [0.29, 0.717) is 12.2 Å².